The maximum absolute atomic E-state index is 12.2. The average molecular weight is 297 g/mol. The normalized spacial score (nSPS) is 11.1. The Bertz CT molecular complexity index is 642. The molecule has 0 aliphatic heterocycles. The molecule has 0 aliphatic rings. The number of aromatic nitrogens is 1. The lowest BCUT2D eigenvalue weighted by Gasteiger charge is -2.22. The maximum atomic E-state index is 12.2. The van der Waals surface area contributed by atoms with Crippen molar-refractivity contribution in [3.8, 4) is 0 Å². The van der Waals surface area contributed by atoms with Crippen molar-refractivity contribution in [2.45, 2.75) is 39.8 Å². The van der Waals surface area contributed by atoms with E-state index in [0.717, 1.165) is 11.3 Å². The molecular weight excluding hydrogens is 274 g/mol. The zero-order chi connectivity index (χ0) is 16.2. The highest BCUT2D eigenvalue weighted by molar-refractivity contribution is 5.93. The first-order chi connectivity index (χ1) is 10.3. The Morgan fingerprint density at radius 1 is 1.14 bits per heavy atom. The minimum atomic E-state index is -0.168. The third-order valence-corrected chi connectivity index (χ3v) is 3.09. The van der Waals surface area contributed by atoms with E-state index in [4.69, 9.17) is 0 Å². The van der Waals surface area contributed by atoms with Crippen molar-refractivity contribution >= 4 is 11.6 Å². The van der Waals surface area contributed by atoms with Gasteiger partial charge in [0.25, 0.3) is 5.91 Å². The molecule has 1 aromatic carbocycles. The molecule has 1 amide bonds. The zero-order valence-electron chi connectivity index (χ0n) is 13.6. The fourth-order valence-electron chi connectivity index (χ4n) is 2.04. The number of hydrogen-bond acceptors (Lipinski definition) is 3. The molecule has 1 heterocycles. The second-order valence-electron chi connectivity index (χ2n) is 6.47. The van der Waals surface area contributed by atoms with Crippen molar-refractivity contribution in [1.29, 1.82) is 0 Å². The summed E-state index contributed by atoms with van der Waals surface area (Å²) in [5.41, 5.74) is 3.53. The van der Waals surface area contributed by atoms with E-state index in [9.17, 15) is 4.79 Å². The number of anilines is 1. The van der Waals surface area contributed by atoms with E-state index in [1.54, 1.807) is 12.3 Å². The van der Waals surface area contributed by atoms with Crippen LogP contribution in [0.3, 0.4) is 0 Å². The summed E-state index contributed by atoms with van der Waals surface area (Å²) >= 11 is 0. The van der Waals surface area contributed by atoms with Crippen LogP contribution < -0.4 is 10.6 Å². The summed E-state index contributed by atoms with van der Waals surface area (Å²) in [5.74, 6) is -0.168. The number of aryl methyl sites for hydroxylation is 1. The highest BCUT2D eigenvalue weighted by Gasteiger charge is 2.12. The van der Waals surface area contributed by atoms with Gasteiger partial charge in [-0.25, -0.2) is 0 Å². The number of amides is 1. The predicted octanol–water partition coefficient (Wildman–Crippen LogP) is 3.53. The molecule has 0 fully saturated rings. The summed E-state index contributed by atoms with van der Waals surface area (Å²) in [5, 5.41) is 6.23. The third kappa shape index (κ3) is 4.88. The molecule has 0 saturated heterocycles. The summed E-state index contributed by atoms with van der Waals surface area (Å²) in [6.07, 6.45) is 1.65. The van der Waals surface area contributed by atoms with Crippen molar-refractivity contribution < 1.29 is 4.79 Å². The molecule has 2 aromatic rings. The minimum Gasteiger partial charge on any atom is -0.380 e. The molecule has 1 aromatic heterocycles. The molecule has 116 valence electrons. The standard InChI is InChI=1S/C18H23N3O/c1-13-5-7-14(8-6-13)12-20-17(22)16-11-15(9-10-19-16)21-18(2,3)4/h5-11H,12H2,1-4H3,(H,19,21)(H,20,22). The summed E-state index contributed by atoms with van der Waals surface area (Å²) in [7, 11) is 0. The number of nitrogens with zero attached hydrogens (tertiary/aromatic N) is 1. The highest BCUT2D eigenvalue weighted by atomic mass is 16.1. The Kier molecular flexibility index (Phi) is 4.81. The Morgan fingerprint density at radius 2 is 1.82 bits per heavy atom. The van der Waals surface area contributed by atoms with Gasteiger partial charge in [0, 0.05) is 24.0 Å². The second-order valence-corrected chi connectivity index (χ2v) is 6.47. The maximum Gasteiger partial charge on any atom is 0.270 e. The van der Waals surface area contributed by atoms with Gasteiger partial charge in [0.1, 0.15) is 5.69 Å². The molecule has 2 rings (SSSR count). The van der Waals surface area contributed by atoms with Crippen molar-refractivity contribution in [3.63, 3.8) is 0 Å². The van der Waals surface area contributed by atoms with E-state index in [1.165, 1.54) is 5.56 Å². The molecule has 4 heteroatoms. The van der Waals surface area contributed by atoms with Gasteiger partial charge in [-0.05, 0) is 45.4 Å². The van der Waals surface area contributed by atoms with Gasteiger partial charge in [-0.3, -0.25) is 9.78 Å². The Labute approximate surface area is 132 Å². The van der Waals surface area contributed by atoms with Gasteiger partial charge >= 0.3 is 0 Å². The molecule has 0 atom stereocenters. The lowest BCUT2D eigenvalue weighted by atomic mass is 10.1. The second kappa shape index (κ2) is 6.60. The van der Waals surface area contributed by atoms with Crippen LogP contribution in [0.1, 0.15) is 42.4 Å². The fourth-order valence-corrected chi connectivity index (χ4v) is 2.04. The van der Waals surface area contributed by atoms with E-state index in [1.807, 2.05) is 37.3 Å². The van der Waals surface area contributed by atoms with Crippen LogP contribution in [0.15, 0.2) is 42.6 Å². The third-order valence-electron chi connectivity index (χ3n) is 3.09. The van der Waals surface area contributed by atoms with Gasteiger partial charge in [0.05, 0.1) is 0 Å². The smallest absolute Gasteiger partial charge is 0.270 e. The number of benzene rings is 1. The van der Waals surface area contributed by atoms with E-state index in [-0.39, 0.29) is 11.4 Å². The monoisotopic (exact) mass is 297 g/mol. The van der Waals surface area contributed by atoms with Gasteiger partial charge in [0.15, 0.2) is 0 Å². The first kappa shape index (κ1) is 16.0. The van der Waals surface area contributed by atoms with Crippen LogP contribution in [0.4, 0.5) is 5.69 Å². The molecule has 0 spiro atoms. The van der Waals surface area contributed by atoms with E-state index in [2.05, 4.69) is 36.4 Å². The van der Waals surface area contributed by atoms with Gasteiger partial charge in [0.2, 0.25) is 0 Å². The number of nitrogens with one attached hydrogen (secondary N) is 2. The Morgan fingerprint density at radius 3 is 2.45 bits per heavy atom. The molecule has 0 aliphatic carbocycles. The van der Waals surface area contributed by atoms with Crippen LogP contribution in [0.2, 0.25) is 0 Å². The first-order valence-corrected chi connectivity index (χ1v) is 7.41. The number of pyridine rings is 1. The van der Waals surface area contributed by atoms with Crippen LogP contribution >= 0.6 is 0 Å². The van der Waals surface area contributed by atoms with Crippen molar-refractivity contribution in [2.75, 3.05) is 5.32 Å². The Balaban J connectivity index is 2.00. The van der Waals surface area contributed by atoms with E-state index < -0.39 is 0 Å². The van der Waals surface area contributed by atoms with Crippen LogP contribution in [0.5, 0.6) is 0 Å². The van der Waals surface area contributed by atoms with E-state index in [0.29, 0.717) is 12.2 Å². The molecule has 4 nitrogen and oxygen atoms in total. The number of carbonyl (C=O) groups is 1. The van der Waals surface area contributed by atoms with Crippen molar-refractivity contribution in [2.24, 2.45) is 0 Å². The molecule has 2 N–H and O–H groups in total. The summed E-state index contributed by atoms with van der Waals surface area (Å²) < 4.78 is 0. The molecule has 22 heavy (non-hydrogen) atoms. The van der Waals surface area contributed by atoms with Crippen molar-refractivity contribution in [1.82, 2.24) is 10.3 Å². The molecule has 0 bridgehead atoms. The molecular formula is C18H23N3O. The molecule has 0 radical (unpaired) electrons. The van der Waals surface area contributed by atoms with Crippen LogP contribution in [-0.2, 0) is 6.54 Å². The zero-order valence-corrected chi connectivity index (χ0v) is 13.6. The van der Waals surface area contributed by atoms with Gasteiger partial charge < -0.3 is 10.6 Å². The first-order valence-electron chi connectivity index (χ1n) is 7.41. The lowest BCUT2D eigenvalue weighted by Crippen LogP contribution is -2.27. The molecule has 0 unspecified atom stereocenters. The van der Waals surface area contributed by atoms with Crippen LogP contribution in [-0.4, -0.2) is 16.4 Å². The number of hydrogen-bond donors (Lipinski definition) is 2. The molecule has 0 saturated carbocycles. The van der Waals surface area contributed by atoms with Gasteiger partial charge in [-0.1, -0.05) is 29.8 Å². The topological polar surface area (TPSA) is 54.0 Å². The van der Waals surface area contributed by atoms with Gasteiger partial charge in [-0.2, -0.15) is 0 Å². The van der Waals surface area contributed by atoms with Gasteiger partial charge in [-0.15, -0.1) is 0 Å². The van der Waals surface area contributed by atoms with E-state index >= 15 is 0 Å². The summed E-state index contributed by atoms with van der Waals surface area (Å²) in [4.78, 5) is 16.3. The van der Waals surface area contributed by atoms with Crippen molar-refractivity contribution in [3.05, 3.63) is 59.4 Å². The number of carbonyl (C=O) groups excluding carboxylic acids is 1. The largest absolute Gasteiger partial charge is 0.380 e. The van der Waals surface area contributed by atoms with Crippen LogP contribution in [0.25, 0.3) is 0 Å². The Hall–Kier alpha value is -2.36. The fraction of sp³-hybridized carbons (Fsp3) is 0.333. The average Bonchev–Trinajstić information content (AvgIpc) is 2.45. The number of rotatable bonds is 4. The SMILES string of the molecule is Cc1ccc(CNC(=O)c2cc(NC(C)(C)C)ccn2)cc1. The summed E-state index contributed by atoms with van der Waals surface area (Å²) in [6.45, 7) is 8.76. The lowest BCUT2D eigenvalue weighted by molar-refractivity contribution is 0.0946. The quantitative estimate of drug-likeness (QED) is 0.907. The highest BCUT2D eigenvalue weighted by Crippen LogP contribution is 2.14. The van der Waals surface area contributed by atoms with Crippen LogP contribution in [0, 0.1) is 6.92 Å². The minimum absolute atomic E-state index is 0.0585. The predicted molar refractivity (Wildman–Crippen MR) is 90.0 cm³/mol. The summed E-state index contributed by atoms with van der Waals surface area (Å²) in [6, 6.07) is 11.7.